The first-order valence-electron chi connectivity index (χ1n) is 3.36. The van der Waals surface area contributed by atoms with Crippen molar-refractivity contribution in [1.82, 2.24) is 0 Å². The Morgan fingerprint density at radius 2 is 2.00 bits per heavy atom. The zero-order chi connectivity index (χ0) is 8.65. The number of hydrogen-bond donors (Lipinski definition) is 0. The standard InChI is InChI=1S/C8H10FIS/c1-8(2,3)7-5(9)4-6(10)11-7/h4H,1-3H3. The summed E-state index contributed by atoms with van der Waals surface area (Å²) in [6.45, 7) is 6.08. The molecule has 0 amide bonds. The van der Waals surface area contributed by atoms with Gasteiger partial charge in [0.15, 0.2) is 0 Å². The molecular formula is C8H10FIS. The van der Waals surface area contributed by atoms with Crippen LogP contribution in [0, 0.1) is 8.70 Å². The highest BCUT2D eigenvalue weighted by Crippen LogP contribution is 2.32. The molecule has 0 bridgehead atoms. The second-order valence-corrected chi connectivity index (χ2v) is 6.42. The summed E-state index contributed by atoms with van der Waals surface area (Å²) < 4.78 is 14.1. The van der Waals surface area contributed by atoms with Crippen molar-refractivity contribution in [3.8, 4) is 0 Å². The molecule has 0 fully saturated rings. The van der Waals surface area contributed by atoms with E-state index in [-0.39, 0.29) is 11.2 Å². The Hall–Kier alpha value is 0.360. The molecule has 3 heteroatoms. The van der Waals surface area contributed by atoms with E-state index in [4.69, 9.17) is 0 Å². The Bertz CT molecular complexity index is 260. The summed E-state index contributed by atoms with van der Waals surface area (Å²) in [6, 6.07) is 1.59. The molecule has 0 radical (unpaired) electrons. The van der Waals surface area contributed by atoms with Gasteiger partial charge in [-0.15, -0.1) is 11.3 Å². The molecule has 0 spiro atoms. The highest BCUT2D eigenvalue weighted by molar-refractivity contribution is 14.1. The van der Waals surface area contributed by atoms with Crippen molar-refractivity contribution in [2.45, 2.75) is 26.2 Å². The molecule has 11 heavy (non-hydrogen) atoms. The Morgan fingerprint density at radius 3 is 2.18 bits per heavy atom. The Kier molecular flexibility index (Phi) is 2.59. The van der Waals surface area contributed by atoms with E-state index in [2.05, 4.69) is 22.6 Å². The lowest BCUT2D eigenvalue weighted by Gasteiger charge is -2.15. The van der Waals surface area contributed by atoms with Gasteiger partial charge in [0, 0.05) is 4.88 Å². The summed E-state index contributed by atoms with van der Waals surface area (Å²) >= 11 is 3.68. The van der Waals surface area contributed by atoms with E-state index in [9.17, 15) is 4.39 Å². The lowest BCUT2D eigenvalue weighted by Crippen LogP contribution is -2.10. The van der Waals surface area contributed by atoms with Crippen LogP contribution in [-0.2, 0) is 5.41 Å². The van der Waals surface area contributed by atoms with Gasteiger partial charge in [0.05, 0.1) is 2.88 Å². The third kappa shape index (κ3) is 2.15. The first-order valence-corrected chi connectivity index (χ1v) is 5.26. The van der Waals surface area contributed by atoms with E-state index in [0.717, 1.165) is 7.76 Å². The first kappa shape index (κ1) is 9.45. The van der Waals surface area contributed by atoms with Crippen LogP contribution in [0.2, 0.25) is 0 Å². The zero-order valence-electron chi connectivity index (χ0n) is 6.74. The van der Waals surface area contributed by atoms with Crippen molar-refractivity contribution < 1.29 is 4.39 Å². The van der Waals surface area contributed by atoms with Crippen molar-refractivity contribution >= 4 is 33.9 Å². The van der Waals surface area contributed by atoms with Crippen LogP contribution in [0.4, 0.5) is 4.39 Å². The number of rotatable bonds is 0. The molecule has 0 nitrogen and oxygen atoms in total. The largest absolute Gasteiger partial charge is 0.206 e. The van der Waals surface area contributed by atoms with Gasteiger partial charge < -0.3 is 0 Å². The van der Waals surface area contributed by atoms with Crippen LogP contribution < -0.4 is 0 Å². The van der Waals surface area contributed by atoms with Crippen LogP contribution in [0.3, 0.4) is 0 Å². The van der Waals surface area contributed by atoms with Gasteiger partial charge in [0.1, 0.15) is 5.82 Å². The fourth-order valence-electron chi connectivity index (χ4n) is 0.852. The molecule has 0 saturated carbocycles. The van der Waals surface area contributed by atoms with Gasteiger partial charge in [0.2, 0.25) is 0 Å². The summed E-state index contributed by atoms with van der Waals surface area (Å²) in [5.74, 6) is -0.0631. The molecule has 1 heterocycles. The SMILES string of the molecule is CC(C)(C)c1sc(I)cc1F. The molecule has 0 aromatic carbocycles. The second-order valence-electron chi connectivity index (χ2n) is 3.48. The number of thiophene rings is 1. The van der Waals surface area contributed by atoms with Crippen molar-refractivity contribution in [1.29, 1.82) is 0 Å². The average molecular weight is 284 g/mol. The van der Waals surface area contributed by atoms with Crippen molar-refractivity contribution in [2.75, 3.05) is 0 Å². The van der Waals surface area contributed by atoms with Crippen LogP contribution in [0.5, 0.6) is 0 Å². The van der Waals surface area contributed by atoms with Crippen LogP contribution in [0.15, 0.2) is 6.07 Å². The third-order valence-electron chi connectivity index (χ3n) is 1.34. The van der Waals surface area contributed by atoms with Crippen LogP contribution in [0.1, 0.15) is 25.6 Å². The Balaban J connectivity index is 3.13. The van der Waals surface area contributed by atoms with Gasteiger partial charge in [-0.25, -0.2) is 4.39 Å². The first-order chi connectivity index (χ1) is 4.91. The lowest BCUT2D eigenvalue weighted by molar-refractivity contribution is 0.538. The highest BCUT2D eigenvalue weighted by Gasteiger charge is 2.20. The second kappa shape index (κ2) is 3.01. The Morgan fingerprint density at radius 1 is 1.45 bits per heavy atom. The molecule has 1 aromatic heterocycles. The van der Waals surface area contributed by atoms with E-state index in [0.29, 0.717) is 0 Å². The minimum absolute atomic E-state index is 0.0574. The molecular weight excluding hydrogens is 274 g/mol. The van der Waals surface area contributed by atoms with E-state index < -0.39 is 0 Å². The third-order valence-corrected chi connectivity index (χ3v) is 3.63. The number of hydrogen-bond acceptors (Lipinski definition) is 1. The molecule has 62 valence electrons. The van der Waals surface area contributed by atoms with Crippen molar-refractivity contribution in [3.63, 3.8) is 0 Å². The molecule has 0 aliphatic heterocycles. The zero-order valence-corrected chi connectivity index (χ0v) is 9.72. The van der Waals surface area contributed by atoms with Crippen LogP contribution in [0.25, 0.3) is 0 Å². The van der Waals surface area contributed by atoms with Gasteiger partial charge >= 0.3 is 0 Å². The monoisotopic (exact) mass is 284 g/mol. The smallest absolute Gasteiger partial charge is 0.138 e. The van der Waals surface area contributed by atoms with E-state index in [1.807, 2.05) is 20.8 Å². The summed E-state index contributed by atoms with van der Waals surface area (Å²) in [7, 11) is 0. The van der Waals surface area contributed by atoms with E-state index >= 15 is 0 Å². The fourth-order valence-corrected chi connectivity index (χ4v) is 2.61. The van der Waals surface area contributed by atoms with Gasteiger partial charge in [-0.2, -0.15) is 0 Å². The van der Waals surface area contributed by atoms with Gasteiger partial charge in [-0.1, -0.05) is 20.8 Å². The van der Waals surface area contributed by atoms with E-state index in [1.165, 1.54) is 11.3 Å². The summed E-state index contributed by atoms with van der Waals surface area (Å²) in [6.07, 6.45) is 0. The van der Waals surface area contributed by atoms with Gasteiger partial charge in [-0.05, 0) is 34.1 Å². The maximum atomic E-state index is 13.1. The predicted molar refractivity (Wildman–Crippen MR) is 55.7 cm³/mol. The molecule has 0 saturated heterocycles. The van der Waals surface area contributed by atoms with Gasteiger partial charge in [0.25, 0.3) is 0 Å². The van der Waals surface area contributed by atoms with Gasteiger partial charge in [-0.3, -0.25) is 0 Å². The number of halogens is 2. The molecule has 0 unspecified atom stereocenters. The maximum absolute atomic E-state index is 13.1. The quantitative estimate of drug-likeness (QED) is 0.636. The van der Waals surface area contributed by atoms with Crippen LogP contribution >= 0.6 is 33.9 Å². The summed E-state index contributed by atoms with van der Waals surface area (Å²) in [5.41, 5.74) is -0.0574. The van der Waals surface area contributed by atoms with E-state index in [1.54, 1.807) is 6.07 Å². The minimum atomic E-state index is -0.0631. The minimum Gasteiger partial charge on any atom is -0.206 e. The topological polar surface area (TPSA) is 0 Å². The summed E-state index contributed by atoms with van der Waals surface area (Å²) in [4.78, 5) is 0.849. The molecule has 0 N–H and O–H groups in total. The fraction of sp³-hybridized carbons (Fsp3) is 0.500. The average Bonchev–Trinajstić information content (AvgIpc) is 2.08. The van der Waals surface area contributed by atoms with Crippen molar-refractivity contribution in [3.05, 3.63) is 19.6 Å². The maximum Gasteiger partial charge on any atom is 0.138 e. The molecule has 1 aromatic rings. The molecule has 0 atom stereocenters. The lowest BCUT2D eigenvalue weighted by atomic mass is 9.94. The highest BCUT2D eigenvalue weighted by atomic mass is 127. The summed E-state index contributed by atoms with van der Waals surface area (Å²) in [5, 5.41) is 0. The molecule has 1 rings (SSSR count). The predicted octanol–water partition coefficient (Wildman–Crippen LogP) is 3.79. The Labute approximate surface area is 84.0 Å². The normalized spacial score (nSPS) is 12.1. The van der Waals surface area contributed by atoms with Crippen molar-refractivity contribution in [2.24, 2.45) is 0 Å². The van der Waals surface area contributed by atoms with Crippen LogP contribution in [-0.4, -0.2) is 0 Å². The molecule has 0 aliphatic rings. The molecule has 0 aliphatic carbocycles.